The Balaban J connectivity index is 1.30. The molecule has 3 heterocycles. The molecule has 2 saturated carbocycles. The average molecular weight is 670 g/mol. The van der Waals surface area contributed by atoms with Crippen molar-refractivity contribution in [3.05, 3.63) is 35.5 Å². The van der Waals surface area contributed by atoms with E-state index in [0.717, 1.165) is 56.4 Å². The molecule has 1 aromatic heterocycles. The average Bonchev–Trinajstić information content (AvgIpc) is 3.55. The SMILES string of the molecule is CC[C@@]1(CC(C(=O)O)C(=O)O[C@@H]2C[C@H]3CC[C@]2(CS(=O)(=O)N(C(C)C)C(C)C)C3(C)C)CCCN2CCc3c([nH]c4ccccc34)[C@@H]21. The summed E-state index contributed by atoms with van der Waals surface area (Å²) in [6, 6.07) is 7.93. The molecule has 47 heavy (non-hydrogen) atoms. The number of ether oxygens (including phenoxy) is 1. The minimum absolute atomic E-state index is 0.0111. The quantitative estimate of drug-likeness (QED) is 0.206. The van der Waals surface area contributed by atoms with Gasteiger partial charge in [-0.2, -0.15) is 4.31 Å². The van der Waals surface area contributed by atoms with E-state index in [1.54, 1.807) is 4.31 Å². The fourth-order valence-corrected chi connectivity index (χ4v) is 13.6. The number of carboxylic acids is 1. The maximum atomic E-state index is 14.2. The van der Waals surface area contributed by atoms with Gasteiger partial charge in [0, 0.05) is 40.6 Å². The summed E-state index contributed by atoms with van der Waals surface area (Å²) in [6.07, 6.45) is 5.09. The van der Waals surface area contributed by atoms with Crippen molar-refractivity contribution in [2.24, 2.45) is 28.1 Å². The lowest BCUT2D eigenvalue weighted by Crippen LogP contribution is -2.53. The van der Waals surface area contributed by atoms with Crippen molar-refractivity contribution in [3.63, 3.8) is 0 Å². The fraction of sp³-hybridized carbons (Fsp3) is 0.730. The van der Waals surface area contributed by atoms with Gasteiger partial charge in [0.05, 0.1) is 11.8 Å². The van der Waals surface area contributed by atoms with Crippen molar-refractivity contribution in [2.45, 2.75) is 124 Å². The molecule has 6 rings (SSSR count). The molecule has 260 valence electrons. The van der Waals surface area contributed by atoms with Crippen LogP contribution in [0.1, 0.15) is 111 Å². The second kappa shape index (κ2) is 12.2. The predicted octanol–water partition coefficient (Wildman–Crippen LogP) is 6.53. The number of rotatable bonds is 11. The number of aliphatic carboxylic acids is 1. The number of nitrogens with zero attached hydrogens (tertiary/aromatic N) is 2. The zero-order chi connectivity index (χ0) is 34.1. The van der Waals surface area contributed by atoms with Gasteiger partial charge in [-0.1, -0.05) is 39.0 Å². The summed E-state index contributed by atoms with van der Waals surface area (Å²) < 4.78 is 36.0. The van der Waals surface area contributed by atoms with Gasteiger partial charge >= 0.3 is 11.9 Å². The Morgan fingerprint density at radius 2 is 1.81 bits per heavy atom. The van der Waals surface area contributed by atoms with E-state index in [1.807, 2.05) is 33.8 Å². The van der Waals surface area contributed by atoms with Crippen LogP contribution in [0.25, 0.3) is 10.9 Å². The Kier molecular flexibility index (Phi) is 8.91. The minimum Gasteiger partial charge on any atom is -0.481 e. The molecule has 4 aliphatic rings. The van der Waals surface area contributed by atoms with Gasteiger partial charge in [0.2, 0.25) is 10.0 Å². The van der Waals surface area contributed by atoms with E-state index in [2.05, 4.69) is 48.9 Å². The molecule has 1 unspecified atom stereocenters. The second-order valence-electron chi connectivity index (χ2n) is 16.2. The van der Waals surface area contributed by atoms with E-state index in [0.29, 0.717) is 12.8 Å². The third kappa shape index (κ3) is 5.45. The first-order valence-electron chi connectivity index (χ1n) is 17.9. The summed E-state index contributed by atoms with van der Waals surface area (Å²) in [6.45, 7) is 15.8. The van der Waals surface area contributed by atoms with Gasteiger partial charge in [0.15, 0.2) is 5.92 Å². The van der Waals surface area contributed by atoms with Gasteiger partial charge in [-0.15, -0.1) is 0 Å². The summed E-state index contributed by atoms with van der Waals surface area (Å²) in [7, 11) is -3.70. The zero-order valence-corrected chi connectivity index (χ0v) is 30.2. The Morgan fingerprint density at radius 3 is 2.45 bits per heavy atom. The number of H-pyrrole nitrogens is 1. The van der Waals surface area contributed by atoms with Crippen LogP contribution in [0.15, 0.2) is 24.3 Å². The molecule has 0 radical (unpaired) electrons. The third-order valence-electron chi connectivity index (χ3n) is 13.1. The van der Waals surface area contributed by atoms with Gasteiger partial charge in [0.25, 0.3) is 0 Å². The molecule has 1 aromatic carbocycles. The van der Waals surface area contributed by atoms with Crippen LogP contribution in [0.3, 0.4) is 0 Å². The number of carboxylic acid groups (broad SMARTS) is 1. The first-order valence-corrected chi connectivity index (χ1v) is 19.5. The summed E-state index contributed by atoms with van der Waals surface area (Å²) >= 11 is 0. The number of carbonyl (C=O) groups is 2. The monoisotopic (exact) mass is 669 g/mol. The van der Waals surface area contributed by atoms with Crippen molar-refractivity contribution in [2.75, 3.05) is 18.8 Å². The summed E-state index contributed by atoms with van der Waals surface area (Å²) in [5.41, 5.74) is 1.99. The third-order valence-corrected chi connectivity index (χ3v) is 15.5. The van der Waals surface area contributed by atoms with E-state index in [-0.39, 0.29) is 41.6 Å². The van der Waals surface area contributed by atoms with Gasteiger partial charge in [0.1, 0.15) is 6.10 Å². The number of aromatic nitrogens is 1. The van der Waals surface area contributed by atoms with Crippen molar-refractivity contribution < 1.29 is 27.9 Å². The van der Waals surface area contributed by atoms with E-state index < -0.39 is 44.8 Å². The van der Waals surface area contributed by atoms with Crippen LogP contribution in [-0.2, 0) is 30.8 Å². The van der Waals surface area contributed by atoms with Gasteiger partial charge in [-0.05, 0) is 114 Å². The lowest BCUT2D eigenvalue weighted by molar-refractivity contribution is -0.171. The van der Waals surface area contributed by atoms with Crippen LogP contribution in [0.4, 0.5) is 0 Å². The lowest BCUT2D eigenvalue weighted by Gasteiger charge is -2.52. The number of hydrogen-bond acceptors (Lipinski definition) is 6. The molecule has 1 saturated heterocycles. The van der Waals surface area contributed by atoms with Crippen LogP contribution >= 0.6 is 0 Å². The van der Waals surface area contributed by atoms with Crippen LogP contribution in [0, 0.1) is 28.1 Å². The number of benzene rings is 1. The number of hydrogen-bond donors (Lipinski definition) is 2. The zero-order valence-electron chi connectivity index (χ0n) is 29.3. The molecule has 2 N–H and O–H groups in total. The van der Waals surface area contributed by atoms with Crippen molar-refractivity contribution in [3.8, 4) is 0 Å². The molecular weight excluding hydrogens is 614 g/mol. The summed E-state index contributed by atoms with van der Waals surface area (Å²) in [5, 5.41) is 11.8. The first kappa shape index (κ1) is 34.4. The number of piperidine rings is 1. The van der Waals surface area contributed by atoms with E-state index in [4.69, 9.17) is 4.74 Å². The normalized spacial score (nSPS) is 31.0. The largest absolute Gasteiger partial charge is 0.481 e. The minimum atomic E-state index is -3.70. The Hall–Kier alpha value is -2.43. The lowest BCUT2D eigenvalue weighted by atomic mass is 9.64. The number of para-hydroxylation sites is 1. The topological polar surface area (TPSA) is 120 Å². The molecule has 9 nitrogen and oxygen atoms in total. The van der Waals surface area contributed by atoms with Crippen LogP contribution in [0.2, 0.25) is 0 Å². The highest BCUT2D eigenvalue weighted by Gasteiger charge is 2.67. The number of esters is 1. The van der Waals surface area contributed by atoms with E-state index >= 15 is 0 Å². The number of nitrogens with one attached hydrogen (secondary N) is 1. The Bertz CT molecular complexity index is 1620. The van der Waals surface area contributed by atoms with Gasteiger partial charge < -0.3 is 14.8 Å². The molecule has 2 aliphatic carbocycles. The molecule has 0 spiro atoms. The molecule has 2 aromatic rings. The predicted molar refractivity (Wildman–Crippen MR) is 183 cm³/mol. The number of fused-ring (bicyclic) bond motifs is 7. The highest BCUT2D eigenvalue weighted by molar-refractivity contribution is 7.89. The highest BCUT2D eigenvalue weighted by atomic mass is 32.2. The molecule has 10 heteroatoms. The van der Waals surface area contributed by atoms with Crippen molar-refractivity contribution in [1.82, 2.24) is 14.2 Å². The standard InChI is InChI=1S/C37H55N3O6S/c1-8-36(16-11-18-39-19-15-27-26-12-9-10-13-29(26)38-31(27)32(36)39)21-28(33(41)42)34(43)46-30-20-25-14-17-37(30,35(25,6)7)22-47(44,45)40(23(2)3)24(4)5/h9-10,12-13,23-25,28,30,32,38H,8,11,14-22H2,1-7H3,(H,41,42)/t25-,28?,30-,32-,36+,37-/m1/s1. The Morgan fingerprint density at radius 1 is 1.11 bits per heavy atom. The molecule has 0 amide bonds. The molecule has 2 bridgehead atoms. The highest BCUT2D eigenvalue weighted by Crippen LogP contribution is 2.67. The number of aromatic amines is 1. The van der Waals surface area contributed by atoms with Crippen molar-refractivity contribution in [1.29, 1.82) is 0 Å². The van der Waals surface area contributed by atoms with Crippen LogP contribution < -0.4 is 0 Å². The Labute approximate surface area is 280 Å². The van der Waals surface area contributed by atoms with Gasteiger partial charge in [-0.25, -0.2) is 8.42 Å². The maximum Gasteiger partial charge on any atom is 0.320 e. The van der Waals surface area contributed by atoms with Crippen LogP contribution in [0.5, 0.6) is 0 Å². The first-order chi connectivity index (χ1) is 22.1. The molecule has 6 atom stereocenters. The number of carbonyl (C=O) groups excluding carboxylic acids is 1. The van der Waals surface area contributed by atoms with Crippen molar-refractivity contribution >= 4 is 32.9 Å². The van der Waals surface area contributed by atoms with Gasteiger partial charge in [-0.3, -0.25) is 14.5 Å². The summed E-state index contributed by atoms with van der Waals surface area (Å²) in [5.74, 6) is -3.10. The smallest absolute Gasteiger partial charge is 0.320 e. The van der Waals surface area contributed by atoms with E-state index in [9.17, 15) is 23.1 Å². The summed E-state index contributed by atoms with van der Waals surface area (Å²) in [4.78, 5) is 33.4. The number of sulfonamides is 1. The van der Waals surface area contributed by atoms with E-state index in [1.165, 1.54) is 10.9 Å². The molecular formula is C37H55N3O6S. The molecule has 3 fully saturated rings. The second-order valence-corrected chi connectivity index (χ2v) is 18.1. The maximum absolute atomic E-state index is 14.2. The fourth-order valence-electron chi connectivity index (χ4n) is 10.8. The molecule has 2 aliphatic heterocycles. The van der Waals surface area contributed by atoms with Crippen LogP contribution in [-0.4, -0.2) is 76.7 Å².